The lowest BCUT2D eigenvalue weighted by atomic mass is 10.1. The number of hydrogen-bond acceptors (Lipinski definition) is 4. The molecule has 0 bridgehead atoms. The second kappa shape index (κ2) is 6.58. The van der Waals surface area contributed by atoms with Crippen molar-refractivity contribution in [1.82, 2.24) is 4.90 Å². The van der Waals surface area contributed by atoms with E-state index in [4.69, 9.17) is 9.84 Å². The summed E-state index contributed by atoms with van der Waals surface area (Å²) in [4.78, 5) is 25.3. The zero-order chi connectivity index (χ0) is 15.4. The molecule has 6 nitrogen and oxygen atoms in total. The molecule has 1 aliphatic rings. The van der Waals surface area contributed by atoms with Crippen LogP contribution in [0.4, 0.5) is 0 Å². The largest absolute Gasteiger partial charge is 0.497 e. The number of aromatic carboxylic acids is 1. The molecule has 2 N–H and O–H groups in total. The van der Waals surface area contributed by atoms with E-state index in [1.165, 1.54) is 25.3 Å². The van der Waals surface area contributed by atoms with Crippen LogP contribution < -0.4 is 4.74 Å². The van der Waals surface area contributed by atoms with Gasteiger partial charge in [0.05, 0.1) is 18.8 Å². The quantitative estimate of drug-likeness (QED) is 0.879. The molecule has 0 aromatic heterocycles. The van der Waals surface area contributed by atoms with Gasteiger partial charge in [-0.3, -0.25) is 4.79 Å². The summed E-state index contributed by atoms with van der Waals surface area (Å²) < 4.78 is 5.05. The Morgan fingerprint density at radius 1 is 1.19 bits per heavy atom. The highest BCUT2D eigenvalue weighted by molar-refractivity contribution is 5.98. The lowest BCUT2D eigenvalue weighted by molar-refractivity contribution is 0.0696. The lowest BCUT2D eigenvalue weighted by Crippen LogP contribution is -2.32. The molecule has 1 fully saturated rings. The molecule has 6 heteroatoms. The Kier molecular flexibility index (Phi) is 4.80. The molecule has 0 aliphatic carbocycles. The van der Waals surface area contributed by atoms with Crippen molar-refractivity contribution < 1.29 is 24.5 Å². The summed E-state index contributed by atoms with van der Waals surface area (Å²) in [7, 11) is 1.43. The zero-order valence-electron chi connectivity index (χ0n) is 11.9. The van der Waals surface area contributed by atoms with Crippen molar-refractivity contribution >= 4 is 11.9 Å². The number of nitrogens with zero attached hydrogens (tertiary/aromatic N) is 1. The van der Waals surface area contributed by atoms with Gasteiger partial charge < -0.3 is 19.8 Å². The molecule has 1 amide bonds. The van der Waals surface area contributed by atoms with Crippen LogP contribution in [-0.2, 0) is 0 Å². The molecule has 21 heavy (non-hydrogen) atoms. The van der Waals surface area contributed by atoms with E-state index in [9.17, 15) is 14.7 Å². The summed E-state index contributed by atoms with van der Waals surface area (Å²) in [5.41, 5.74) is 0.315. The van der Waals surface area contributed by atoms with E-state index in [-0.39, 0.29) is 17.6 Å². The molecule has 1 aliphatic heterocycles. The number of aliphatic hydroxyl groups is 1. The van der Waals surface area contributed by atoms with Crippen LogP contribution in [0, 0.1) is 0 Å². The van der Waals surface area contributed by atoms with Gasteiger partial charge in [-0.1, -0.05) is 0 Å². The number of ether oxygens (including phenoxy) is 1. The van der Waals surface area contributed by atoms with Gasteiger partial charge >= 0.3 is 5.97 Å². The predicted octanol–water partition coefficient (Wildman–Crippen LogP) is 1.38. The summed E-state index contributed by atoms with van der Waals surface area (Å²) >= 11 is 0. The van der Waals surface area contributed by atoms with Gasteiger partial charge in [-0.25, -0.2) is 4.79 Å². The lowest BCUT2D eigenvalue weighted by Gasteiger charge is -2.21. The van der Waals surface area contributed by atoms with Gasteiger partial charge in [0.2, 0.25) is 0 Å². The van der Waals surface area contributed by atoms with Gasteiger partial charge in [0.25, 0.3) is 5.91 Å². The first kappa shape index (κ1) is 15.3. The Labute approximate surface area is 122 Å². The van der Waals surface area contributed by atoms with Crippen LogP contribution in [0.25, 0.3) is 0 Å². The highest BCUT2D eigenvalue weighted by atomic mass is 16.5. The van der Waals surface area contributed by atoms with E-state index in [1.54, 1.807) is 4.90 Å². The van der Waals surface area contributed by atoms with E-state index in [0.717, 1.165) is 6.42 Å². The molecular weight excluding hydrogens is 274 g/mol. The Morgan fingerprint density at radius 3 is 2.57 bits per heavy atom. The number of carboxylic acid groups (broad SMARTS) is 1. The standard InChI is InChI=1S/C15H19NO5/c1-21-13-8-10(7-11(9-13)15(19)20)14(18)16-5-2-3-12(17)4-6-16/h7-9,12,17H,2-6H2,1H3,(H,19,20)/t12-/m1/s1. The second-order valence-electron chi connectivity index (χ2n) is 5.13. The van der Waals surface area contributed by atoms with Gasteiger partial charge in [0.1, 0.15) is 5.75 Å². The number of carbonyl (C=O) groups is 2. The molecule has 0 saturated carbocycles. The Bertz CT molecular complexity index is 543. The number of likely N-dealkylation sites (tertiary alicyclic amines) is 1. The number of benzene rings is 1. The van der Waals surface area contributed by atoms with Crippen molar-refractivity contribution in [2.45, 2.75) is 25.4 Å². The minimum Gasteiger partial charge on any atom is -0.497 e. The van der Waals surface area contributed by atoms with Crippen LogP contribution in [0.3, 0.4) is 0 Å². The zero-order valence-corrected chi connectivity index (χ0v) is 11.9. The third-order valence-corrected chi connectivity index (χ3v) is 3.62. The van der Waals surface area contributed by atoms with Crippen LogP contribution in [0.15, 0.2) is 18.2 Å². The van der Waals surface area contributed by atoms with Crippen LogP contribution in [0.5, 0.6) is 5.75 Å². The van der Waals surface area contributed by atoms with E-state index >= 15 is 0 Å². The molecule has 0 radical (unpaired) electrons. The predicted molar refractivity (Wildman–Crippen MR) is 75.7 cm³/mol. The summed E-state index contributed by atoms with van der Waals surface area (Å²) in [5, 5.41) is 18.7. The second-order valence-corrected chi connectivity index (χ2v) is 5.13. The average Bonchev–Trinajstić information content (AvgIpc) is 2.70. The number of aliphatic hydroxyl groups excluding tert-OH is 1. The van der Waals surface area contributed by atoms with Crippen molar-refractivity contribution in [3.05, 3.63) is 29.3 Å². The molecule has 2 rings (SSSR count). The summed E-state index contributed by atoms with van der Waals surface area (Å²) in [5.74, 6) is -0.993. The van der Waals surface area contributed by atoms with E-state index in [2.05, 4.69) is 0 Å². The Morgan fingerprint density at radius 2 is 1.90 bits per heavy atom. The first-order valence-corrected chi connectivity index (χ1v) is 6.91. The molecule has 1 atom stereocenters. The maximum atomic E-state index is 12.5. The van der Waals surface area contributed by atoms with Gasteiger partial charge in [-0.15, -0.1) is 0 Å². The van der Waals surface area contributed by atoms with Gasteiger partial charge in [0.15, 0.2) is 0 Å². The SMILES string of the molecule is COc1cc(C(=O)O)cc(C(=O)N2CCC[C@@H](O)CC2)c1. The number of rotatable bonds is 3. The average molecular weight is 293 g/mol. The first-order chi connectivity index (χ1) is 10.0. The van der Waals surface area contributed by atoms with E-state index < -0.39 is 5.97 Å². The fourth-order valence-electron chi connectivity index (χ4n) is 2.43. The maximum absolute atomic E-state index is 12.5. The van der Waals surface area contributed by atoms with Crippen LogP contribution in [0.1, 0.15) is 40.0 Å². The van der Waals surface area contributed by atoms with Gasteiger partial charge in [0, 0.05) is 18.7 Å². The molecular formula is C15H19NO5. The summed E-state index contributed by atoms with van der Waals surface area (Å²) in [6, 6.07) is 4.27. The highest BCUT2D eigenvalue weighted by Gasteiger charge is 2.22. The van der Waals surface area contributed by atoms with Crippen LogP contribution in [-0.4, -0.2) is 53.3 Å². The van der Waals surface area contributed by atoms with Gasteiger partial charge in [-0.05, 0) is 37.5 Å². The Hall–Kier alpha value is -2.08. The van der Waals surface area contributed by atoms with Crippen molar-refractivity contribution in [2.24, 2.45) is 0 Å². The number of methoxy groups -OCH3 is 1. The highest BCUT2D eigenvalue weighted by Crippen LogP contribution is 2.20. The molecule has 0 unspecified atom stereocenters. The molecule has 1 aromatic carbocycles. The molecule has 1 saturated heterocycles. The smallest absolute Gasteiger partial charge is 0.335 e. The summed E-state index contributed by atoms with van der Waals surface area (Å²) in [6.07, 6.45) is 1.59. The number of amides is 1. The number of hydrogen-bond donors (Lipinski definition) is 2. The van der Waals surface area contributed by atoms with E-state index in [0.29, 0.717) is 37.2 Å². The topological polar surface area (TPSA) is 87.1 Å². The molecule has 1 heterocycles. The molecule has 1 aromatic rings. The van der Waals surface area contributed by atoms with Crippen molar-refractivity contribution in [1.29, 1.82) is 0 Å². The first-order valence-electron chi connectivity index (χ1n) is 6.91. The Balaban J connectivity index is 2.25. The van der Waals surface area contributed by atoms with E-state index in [1.807, 2.05) is 0 Å². The summed E-state index contributed by atoms with van der Waals surface area (Å²) in [6.45, 7) is 1.04. The van der Waals surface area contributed by atoms with Crippen LogP contribution in [0.2, 0.25) is 0 Å². The molecule has 114 valence electrons. The van der Waals surface area contributed by atoms with Crippen molar-refractivity contribution in [3.8, 4) is 5.75 Å². The third kappa shape index (κ3) is 3.72. The van der Waals surface area contributed by atoms with Crippen molar-refractivity contribution in [3.63, 3.8) is 0 Å². The minimum atomic E-state index is -1.10. The fraction of sp³-hybridized carbons (Fsp3) is 0.467. The fourth-order valence-corrected chi connectivity index (χ4v) is 2.43. The normalized spacial score (nSPS) is 19.0. The monoisotopic (exact) mass is 293 g/mol. The maximum Gasteiger partial charge on any atom is 0.335 e. The minimum absolute atomic E-state index is 0.0209. The number of carboxylic acids is 1. The van der Waals surface area contributed by atoms with Gasteiger partial charge in [-0.2, -0.15) is 0 Å². The van der Waals surface area contributed by atoms with Crippen LogP contribution >= 0.6 is 0 Å². The van der Waals surface area contributed by atoms with Crippen molar-refractivity contribution in [2.75, 3.05) is 20.2 Å². The third-order valence-electron chi connectivity index (χ3n) is 3.62. The number of carbonyl (C=O) groups excluding carboxylic acids is 1. The molecule has 0 spiro atoms.